The van der Waals surface area contributed by atoms with E-state index in [1.54, 1.807) is 0 Å². The number of benzene rings is 1. The summed E-state index contributed by atoms with van der Waals surface area (Å²) in [6, 6.07) is 9.66. The van der Waals surface area contributed by atoms with E-state index in [0.29, 0.717) is 0 Å². The first-order valence-corrected chi connectivity index (χ1v) is 7.78. The van der Waals surface area contributed by atoms with E-state index in [2.05, 4.69) is 12.2 Å². The molecule has 5 atom stereocenters. The van der Waals surface area contributed by atoms with Crippen molar-refractivity contribution in [3.63, 3.8) is 0 Å². The highest BCUT2D eigenvalue weighted by atomic mass is 16.2. The lowest BCUT2D eigenvalue weighted by atomic mass is 9.63. The number of allylic oxidation sites excluding steroid dienone is 2. The molecule has 2 fully saturated rings. The fourth-order valence-corrected chi connectivity index (χ4v) is 4.36. The van der Waals surface area contributed by atoms with Crippen molar-refractivity contribution in [2.75, 3.05) is 0 Å². The standard InChI is InChI=1S/C18H19NO2/c1-11(12-5-3-2-4-6-12)19-17(20)15-13-7-8-14(10-9-13)16(15)18(19)21/h2-8,11,13-16H,9-10H2,1H3/t11-,13?,14?,15-,16+/m1/s1. The third kappa shape index (κ3) is 1.73. The first-order chi connectivity index (χ1) is 10.2. The lowest BCUT2D eigenvalue weighted by Crippen LogP contribution is -2.38. The molecular formula is C18H19NO2. The number of amides is 2. The zero-order valence-corrected chi connectivity index (χ0v) is 12.1. The Labute approximate surface area is 124 Å². The second-order valence-corrected chi connectivity index (χ2v) is 6.47. The Morgan fingerprint density at radius 2 is 1.48 bits per heavy atom. The molecule has 0 radical (unpaired) electrons. The van der Waals surface area contributed by atoms with E-state index in [1.165, 1.54) is 4.90 Å². The summed E-state index contributed by atoms with van der Waals surface area (Å²) in [6.07, 6.45) is 6.43. The van der Waals surface area contributed by atoms with Gasteiger partial charge < -0.3 is 0 Å². The molecule has 1 saturated carbocycles. The van der Waals surface area contributed by atoms with Gasteiger partial charge >= 0.3 is 0 Å². The highest BCUT2D eigenvalue weighted by Gasteiger charge is 2.57. The van der Waals surface area contributed by atoms with Gasteiger partial charge in [0.05, 0.1) is 17.9 Å². The number of carbonyl (C=O) groups excluding carboxylic acids is 2. The van der Waals surface area contributed by atoms with Crippen LogP contribution >= 0.6 is 0 Å². The topological polar surface area (TPSA) is 37.4 Å². The molecule has 3 nitrogen and oxygen atoms in total. The van der Waals surface area contributed by atoms with Crippen LogP contribution in [0.5, 0.6) is 0 Å². The SMILES string of the molecule is C[C@H](c1ccccc1)N1C(=O)[C@@H]2C3C=CC(CC3)[C@@H]2C1=O. The van der Waals surface area contributed by atoms with Gasteiger partial charge in [-0.05, 0) is 37.2 Å². The molecule has 1 aromatic carbocycles. The molecule has 3 aliphatic carbocycles. The van der Waals surface area contributed by atoms with Crippen LogP contribution in [0.2, 0.25) is 0 Å². The molecule has 1 heterocycles. The van der Waals surface area contributed by atoms with Crippen LogP contribution in [-0.2, 0) is 9.59 Å². The van der Waals surface area contributed by atoms with E-state index in [1.807, 2.05) is 37.3 Å². The second-order valence-electron chi connectivity index (χ2n) is 6.47. The van der Waals surface area contributed by atoms with E-state index >= 15 is 0 Å². The molecule has 2 amide bonds. The molecular weight excluding hydrogens is 262 g/mol. The number of nitrogens with zero attached hydrogens (tertiary/aromatic N) is 1. The van der Waals surface area contributed by atoms with Crippen molar-refractivity contribution in [1.29, 1.82) is 0 Å². The predicted molar refractivity (Wildman–Crippen MR) is 79.0 cm³/mol. The monoisotopic (exact) mass is 281 g/mol. The van der Waals surface area contributed by atoms with Gasteiger partial charge in [0.2, 0.25) is 11.8 Å². The lowest BCUT2D eigenvalue weighted by Gasteiger charge is -2.38. The Bertz CT molecular complexity index is 589. The summed E-state index contributed by atoms with van der Waals surface area (Å²) in [5.41, 5.74) is 1.03. The highest BCUT2D eigenvalue weighted by Crippen LogP contribution is 2.50. The van der Waals surface area contributed by atoms with Crippen molar-refractivity contribution in [2.24, 2.45) is 23.7 Å². The smallest absolute Gasteiger partial charge is 0.234 e. The molecule has 1 aromatic rings. The zero-order valence-electron chi connectivity index (χ0n) is 12.1. The third-order valence-electron chi connectivity index (χ3n) is 5.46. The molecule has 5 rings (SSSR count). The van der Waals surface area contributed by atoms with E-state index in [0.717, 1.165) is 18.4 Å². The molecule has 3 heteroatoms. The van der Waals surface area contributed by atoms with Gasteiger partial charge in [-0.3, -0.25) is 14.5 Å². The van der Waals surface area contributed by atoms with Crippen molar-refractivity contribution in [3.05, 3.63) is 48.0 Å². The van der Waals surface area contributed by atoms with Crippen LogP contribution in [-0.4, -0.2) is 16.7 Å². The van der Waals surface area contributed by atoms with Gasteiger partial charge in [0.1, 0.15) is 0 Å². The fraction of sp³-hybridized carbons (Fsp3) is 0.444. The largest absolute Gasteiger partial charge is 0.275 e. The van der Waals surface area contributed by atoms with Gasteiger partial charge in [-0.25, -0.2) is 0 Å². The predicted octanol–water partition coefficient (Wildman–Crippen LogP) is 2.94. The molecule has 2 bridgehead atoms. The Morgan fingerprint density at radius 3 is 1.95 bits per heavy atom. The van der Waals surface area contributed by atoms with Gasteiger partial charge in [-0.2, -0.15) is 0 Å². The molecule has 0 N–H and O–H groups in total. The fourth-order valence-electron chi connectivity index (χ4n) is 4.36. The van der Waals surface area contributed by atoms with Crippen LogP contribution in [0.4, 0.5) is 0 Å². The van der Waals surface area contributed by atoms with Crippen molar-refractivity contribution in [2.45, 2.75) is 25.8 Å². The molecule has 2 unspecified atom stereocenters. The maximum atomic E-state index is 12.8. The number of imide groups is 1. The van der Waals surface area contributed by atoms with Crippen molar-refractivity contribution >= 4 is 11.8 Å². The van der Waals surface area contributed by atoms with E-state index in [-0.39, 0.29) is 41.5 Å². The molecule has 0 spiro atoms. The Kier molecular flexibility index (Phi) is 2.78. The minimum Gasteiger partial charge on any atom is -0.275 e. The zero-order chi connectivity index (χ0) is 14.6. The maximum Gasteiger partial charge on any atom is 0.234 e. The number of carbonyl (C=O) groups is 2. The summed E-state index contributed by atoms with van der Waals surface area (Å²) in [6.45, 7) is 1.96. The summed E-state index contributed by atoms with van der Waals surface area (Å²) in [7, 11) is 0. The normalized spacial score (nSPS) is 35.2. The van der Waals surface area contributed by atoms with E-state index in [4.69, 9.17) is 0 Å². The average Bonchev–Trinajstić information content (AvgIpc) is 2.82. The Morgan fingerprint density at radius 1 is 0.952 bits per heavy atom. The summed E-state index contributed by atoms with van der Waals surface area (Å²) < 4.78 is 0. The molecule has 1 saturated heterocycles. The average molecular weight is 281 g/mol. The van der Waals surface area contributed by atoms with Crippen LogP contribution in [0.3, 0.4) is 0 Å². The van der Waals surface area contributed by atoms with Crippen LogP contribution in [0.15, 0.2) is 42.5 Å². The van der Waals surface area contributed by atoms with Crippen LogP contribution in [0.25, 0.3) is 0 Å². The summed E-state index contributed by atoms with van der Waals surface area (Å²) in [5, 5.41) is 0. The lowest BCUT2D eigenvalue weighted by molar-refractivity contribution is -0.142. The molecule has 4 aliphatic rings. The van der Waals surface area contributed by atoms with Crippen molar-refractivity contribution < 1.29 is 9.59 Å². The molecule has 108 valence electrons. The number of rotatable bonds is 2. The van der Waals surface area contributed by atoms with E-state index < -0.39 is 0 Å². The molecule has 1 aliphatic heterocycles. The van der Waals surface area contributed by atoms with Crippen LogP contribution in [0.1, 0.15) is 31.4 Å². The van der Waals surface area contributed by atoms with Gasteiger partial charge in [0.15, 0.2) is 0 Å². The van der Waals surface area contributed by atoms with Gasteiger partial charge in [0, 0.05) is 0 Å². The maximum absolute atomic E-state index is 12.8. The minimum absolute atomic E-state index is 0.0420. The first kappa shape index (κ1) is 12.8. The highest BCUT2D eigenvalue weighted by molar-refractivity contribution is 6.06. The van der Waals surface area contributed by atoms with E-state index in [9.17, 15) is 9.59 Å². The second kappa shape index (κ2) is 4.55. The summed E-state index contributed by atoms with van der Waals surface area (Å²) >= 11 is 0. The number of likely N-dealkylation sites (tertiary alicyclic amines) is 1. The molecule has 0 aromatic heterocycles. The Balaban J connectivity index is 1.69. The Hall–Kier alpha value is -1.90. The molecule has 21 heavy (non-hydrogen) atoms. The quantitative estimate of drug-likeness (QED) is 0.617. The number of fused-ring (bicyclic) bond motifs is 1. The van der Waals surface area contributed by atoms with Crippen molar-refractivity contribution in [1.82, 2.24) is 4.90 Å². The van der Waals surface area contributed by atoms with Crippen LogP contribution in [0, 0.1) is 23.7 Å². The van der Waals surface area contributed by atoms with Gasteiger partial charge in [0.25, 0.3) is 0 Å². The van der Waals surface area contributed by atoms with Crippen molar-refractivity contribution in [3.8, 4) is 0 Å². The minimum atomic E-state index is -0.170. The van der Waals surface area contributed by atoms with Gasteiger partial charge in [-0.1, -0.05) is 42.5 Å². The number of hydrogen-bond donors (Lipinski definition) is 0. The first-order valence-electron chi connectivity index (χ1n) is 7.78. The summed E-state index contributed by atoms with van der Waals surface area (Å²) in [5.74, 6) is 0.412. The van der Waals surface area contributed by atoms with Crippen LogP contribution < -0.4 is 0 Å². The third-order valence-corrected chi connectivity index (χ3v) is 5.46. The number of hydrogen-bond acceptors (Lipinski definition) is 2. The summed E-state index contributed by atoms with van der Waals surface area (Å²) in [4.78, 5) is 27.2. The van der Waals surface area contributed by atoms with Gasteiger partial charge in [-0.15, -0.1) is 0 Å².